The molecule has 86 valence electrons. The van der Waals surface area contributed by atoms with Crippen molar-refractivity contribution >= 4 is 11.6 Å². The van der Waals surface area contributed by atoms with Gasteiger partial charge in [-0.25, -0.2) is 0 Å². The van der Waals surface area contributed by atoms with Crippen LogP contribution < -0.4 is 14.8 Å². The van der Waals surface area contributed by atoms with Crippen LogP contribution in [0, 0.1) is 0 Å². The average molecular weight is 240 g/mol. The van der Waals surface area contributed by atoms with E-state index in [9.17, 15) is 0 Å². The van der Waals surface area contributed by atoms with Gasteiger partial charge in [0.2, 0.25) is 6.79 Å². The summed E-state index contributed by atoms with van der Waals surface area (Å²) < 4.78 is 10.7. The highest BCUT2D eigenvalue weighted by Gasteiger charge is 2.22. The van der Waals surface area contributed by atoms with E-state index in [-0.39, 0.29) is 6.79 Å². The van der Waals surface area contributed by atoms with Crippen molar-refractivity contribution < 1.29 is 9.47 Å². The summed E-state index contributed by atoms with van der Waals surface area (Å²) in [4.78, 5) is 0. The molecule has 0 aromatic heterocycles. The third-order valence-electron chi connectivity index (χ3n) is 3.26. The lowest BCUT2D eigenvalue weighted by molar-refractivity contribution is 0.174. The van der Waals surface area contributed by atoms with Crippen LogP contribution in [0.3, 0.4) is 0 Å². The van der Waals surface area contributed by atoms with Crippen molar-refractivity contribution in [2.24, 2.45) is 0 Å². The largest absolute Gasteiger partial charge is 0.454 e. The van der Waals surface area contributed by atoms with E-state index in [4.69, 9.17) is 21.1 Å². The van der Waals surface area contributed by atoms with Gasteiger partial charge in [-0.2, -0.15) is 0 Å². The standard InChI is InChI=1S/C12H14ClNO2/c13-10-5-9(8-1-3-14-4-2-8)6-11-12(10)16-7-15-11/h5-6,8,14H,1-4,7H2. The first kappa shape index (κ1) is 10.2. The molecule has 3 rings (SSSR count). The first-order valence-electron chi connectivity index (χ1n) is 5.64. The summed E-state index contributed by atoms with van der Waals surface area (Å²) in [5, 5.41) is 4.03. The van der Waals surface area contributed by atoms with E-state index in [0.29, 0.717) is 16.7 Å². The monoisotopic (exact) mass is 239 g/mol. The van der Waals surface area contributed by atoms with Crippen LogP contribution in [0.15, 0.2) is 12.1 Å². The van der Waals surface area contributed by atoms with Gasteiger partial charge >= 0.3 is 0 Å². The molecule has 3 nitrogen and oxygen atoms in total. The van der Waals surface area contributed by atoms with Crippen molar-refractivity contribution in [1.82, 2.24) is 5.32 Å². The fourth-order valence-corrected chi connectivity index (χ4v) is 2.65. The van der Waals surface area contributed by atoms with Gasteiger partial charge in [0.25, 0.3) is 0 Å². The predicted molar refractivity (Wildman–Crippen MR) is 62.4 cm³/mol. The molecule has 2 heterocycles. The Kier molecular flexibility index (Phi) is 2.65. The molecule has 16 heavy (non-hydrogen) atoms. The van der Waals surface area contributed by atoms with Crippen LogP contribution >= 0.6 is 11.6 Å². The molecule has 4 heteroatoms. The summed E-state index contributed by atoms with van der Waals surface area (Å²) >= 11 is 6.17. The van der Waals surface area contributed by atoms with Crippen LogP contribution in [-0.4, -0.2) is 19.9 Å². The summed E-state index contributed by atoms with van der Waals surface area (Å²) in [5.74, 6) is 2.08. The Morgan fingerprint density at radius 3 is 2.81 bits per heavy atom. The van der Waals surface area contributed by atoms with Crippen LogP contribution in [0.25, 0.3) is 0 Å². The molecule has 1 aromatic carbocycles. The molecule has 0 unspecified atom stereocenters. The van der Waals surface area contributed by atoms with Gasteiger partial charge in [-0.3, -0.25) is 0 Å². The number of hydrogen-bond donors (Lipinski definition) is 1. The van der Waals surface area contributed by atoms with Gasteiger partial charge in [0, 0.05) is 0 Å². The smallest absolute Gasteiger partial charge is 0.231 e. The van der Waals surface area contributed by atoms with E-state index < -0.39 is 0 Å². The molecule has 1 saturated heterocycles. The normalized spacial score (nSPS) is 20.1. The molecule has 0 bridgehead atoms. The first-order valence-corrected chi connectivity index (χ1v) is 6.02. The summed E-state index contributed by atoms with van der Waals surface area (Å²) in [6.07, 6.45) is 2.33. The van der Waals surface area contributed by atoms with Crippen LogP contribution in [0.5, 0.6) is 11.5 Å². The van der Waals surface area contributed by atoms with E-state index in [1.165, 1.54) is 5.56 Å². The SMILES string of the molecule is Clc1cc(C2CCNCC2)cc2c1OCO2. The number of nitrogens with one attached hydrogen (secondary N) is 1. The molecule has 0 aliphatic carbocycles. The lowest BCUT2D eigenvalue weighted by atomic mass is 9.90. The number of fused-ring (bicyclic) bond motifs is 1. The van der Waals surface area contributed by atoms with Crippen LogP contribution in [0.2, 0.25) is 5.02 Å². The number of rotatable bonds is 1. The first-order chi connectivity index (χ1) is 7.84. The third kappa shape index (κ3) is 1.74. The van der Waals surface area contributed by atoms with E-state index in [1.807, 2.05) is 6.07 Å². The number of benzene rings is 1. The minimum absolute atomic E-state index is 0.282. The molecule has 0 atom stereocenters. The minimum Gasteiger partial charge on any atom is -0.454 e. The minimum atomic E-state index is 0.282. The van der Waals surface area contributed by atoms with E-state index in [2.05, 4.69) is 11.4 Å². The molecular formula is C12H14ClNO2. The molecule has 2 aliphatic heterocycles. The molecule has 1 N–H and O–H groups in total. The Hall–Kier alpha value is -0.930. The maximum Gasteiger partial charge on any atom is 0.231 e. The van der Waals surface area contributed by atoms with Crippen LogP contribution in [-0.2, 0) is 0 Å². The lowest BCUT2D eigenvalue weighted by Gasteiger charge is -2.23. The molecule has 2 aliphatic rings. The molecular weight excluding hydrogens is 226 g/mol. The fourth-order valence-electron chi connectivity index (χ4n) is 2.38. The van der Waals surface area contributed by atoms with Crippen LogP contribution in [0.4, 0.5) is 0 Å². The Bertz CT molecular complexity index is 402. The maximum atomic E-state index is 6.17. The van der Waals surface area contributed by atoms with Crippen molar-refractivity contribution in [2.75, 3.05) is 19.9 Å². The highest BCUT2D eigenvalue weighted by atomic mass is 35.5. The predicted octanol–water partition coefficient (Wildman–Crippen LogP) is 2.54. The van der Waals surface area contributed by atoms with Crippen molar-refractivity contribution in [3.63, 3.8) is 0 Å². The maximum absolute atomic E-state index is 6.17. The average Bonchev–Trinajstić information content (AvgIpc) is 2.79. The Morgan fingerprint density at radius 1 is 1.19 bits per heavy atom. The van der Waals surface area contributed by atoms with E-state index >= 15 is 0 Å². The van der Waals surface area contributed by atoms with Gasteiger partial charge in [-0.15, -0.1) is 0 Å². The molecule has 0 spiro atoms. The van der Waals surface area contributed by atoms with E-state index in [1.54, 1.807) is 0 Å². The molecule has 0 saturated carbocycles. The fraction of sp³-hybridized carbons (Fsp3) is 0.500. The molecule has 1 fully saturated rings. The third-order valence-corrected chi connectivity index (χ3v) is 3.54. The van der Waals surface area contributed by atoms with Crippen LogP contribution in [0.1, 0.15) is 24.3 Å². The Morgan fingerprint density at radius 2 is 2.00 bits per heavy atom. The lowest BCUT2D eigenvalue weighted by Crippen LogP contribution is -2.26. The van der Waals surface area contributed by atoms with Gasteiger partial charge in [0.1, 0.15) is 0 Å². The zero-order chi connectivity index (χ0) is 11.0. The van der Waals surface area contributed by atoms with Gasteiger partial charge < -0.3 is 14.8 Å². The van der Waals surface area contributed by atoms with E-state index in [0.717, 1.165) is 31.7 Å². The number of ether oxygens (including phenoxy) is 2. The van der Waals surface area contributed by atoms with Crippen molar-refractivity contribution in [3.05, 3.63) is 22.7 Å². The highest BCUT2D eigenvalue weighted by Crippen LogP contribution is 2.42. The van der Waals surface area contributed by atoms with Gasteiger partial charge in [-0.1, -0.05) is 11.6 Å². The quantitative estimate of drug-likeness (QED) is 0.817. The molecule has 0 radical (unpaired) electrons. The Balaban J connectivity index is 1.92. The zero-order valence-electron chi connectivity index (χ0n) is 8.96. The Labute approximate surface area is 99.7 Å². The second-order valence-corrected chi connectivity index (χ2v) is 4.67. The van der Waals surface area contributed by atoms with Gasteiger partial charge in [0.05, 0.1) is 5.02 Å². The molecule has 0 amide bonds. The van der Waals surface area contributed by atoms with Gasteiger partial charge in [-0.05, 0) is 49.5 Å². The summed E-state index contributed by atoms with van der Waals surface area (Å²) in [6, 6.07) is 4.09. The zero-order valence-corrected chi connectivity index (χ0v) is 9.72. The number of hydrogen-bond acceptors (Lipinski definition) is 3. The molecule has 1 aromatic rings. The number of piperidine rings is 1. The second-order valence-electron chi connectivity index (χ2n) is 4.26. The van der Waals surface area contributed by atoms with Crippen molar-refractivity contribution in [1.29, 1.82) is 0 Å². The topological polar surface area (TPSA) is 30.5 Å². The summed E-state index contributed by atoms with van der Waals surface area (Å²) in [6.45, 7) is 2.44. The van der Waals surface area contributed by atoms with Crippen molar-refractivity contribution in [3.8, 4) is 11.5 Å². The summed E-state index contributed by atoms with van der Waals surface area (Å²) in [5.41, 5.74) is 1.27. The highest BCUT2D eigenvalue weighted by molar-refractivity contribution is 6.32. The summed E-state index contributed by atoms with van der Waals surface area (Å²) in [7, 11) is 0. The van der Waals surface area contributed by atoms with Gasteiger partial charge in [0.15, 0.2) is 11.5 Å². The number of halogens is 1. The second kappa shape index (κ2) is 4.15. The van der Waals surface area contributed by atoms with Crippen molar-refractivity contribution in [2.45, 2.75) is 18.8 Å².